The molecule has 0 bridgehead atoms. The number of carboxylic acid groups (broad SMARTS) is 1. The Kier molecular flexibility index (Phi) is 7.82. The second-order valence-corrected chi connectivity index (χ2v) is 8.70. The molecule has 4 rings (SSSR count). The summed E-state index contributed by atoms with van der Waals surface area (Å²) in [5.41, 5.74) is 3.28. The van der Waals surface area contributed by atoms with E-state index < -0.39 is 12.1 Å². The van der Waals surface area contributed by atoms with Crippen LogP contribution in [-0.4, -0.2) is 78.9 Å². The van der Waals surface area contributed by atoms with Crippen molar-refractivity contribution < 1.29 is 32.6 Å². The predicted molar refractivity (Wildman–Crippen MR) is 113 cm³/mol. The lowest BCUT2D eigenvalue weighted by molar-refractivity contribution is -0.192. The van der Waals surface area contributed by atoms with Crippen molar-refractivity contribution in [3.63, 3.8) is 0 Å². The number of alkyl halides is 3. The molecule has 1 aliphatic carbocycles. The Labute approximate surface area is 186 Å². The first-order valence-corrected chi connectivity index (χ1v) is 11.1. The number of carbonyl (C=O) groups excluding carboxylic acids is 1. The fourth-order valence-electron chi connectivity index (χ4n) is 5.13. The zero-order valence-corrected chi connectivity index (χ0v) is 18.4. The maximum absolute atomic E-state index is 12.8. The lowest BCUT2D eigenvalue weighted by atomic mass is 9.73. The van der Waals surface area contributed by atoms with Crippen molar-refractivity contribution in [1.82, 2.24) is 9.80 Å². The van der Waals surface area contributed by atoms with Crippen LogP contribution in [0.1, 0.15) is 49.7 Å². The summed E-state index contributed by atoms with van der Waals surface area (Å²) in [5, 5.41) is 7.12. The first-order valence-electron chi connectivity index (χ1n) is 11.1. The highest BCUT2D eigenvalue weighted by Crippen LogP contribution is 2.52. The van der Waals surface area contributed by atoms with Gasteiger partial charge in [-0.15, -0.1) is 0 Å². The molecule has 1 aromatic carbocycles. The van der Waals surface area contributed by atoms with Crippen LogP contribution in [0.2, 0.25) is 0 Å². The van der Waals surface area contributed by atoms with E-state index in [1.807, 2.05) is 4.90 Å². The zero-order valence-electron chi connectivity index (χ0n) is 18.4. The van der Waals surface area contributed by atoms with E-state index in [1.54, 1.807) is 0 Å². The molecule has 0 aromatic heterocycles. The fraction of sp³-hybridized carbons (Fsp3) is 0.652. The summed E-state index contributed by atoms with van der Waals surface area (Å²) in [7, 11) is 0. The number of amides is 1. The Morgan fingerprint density at radius 1 is 1.12 bits per heavy atom. The number of nitrogens with zero attached hydrogens (tertiary/aromatic N) is 2. The summed E-state index contributed by atoms with van der Waals surface area (Å²) < 4.78 is 37.1. The first kappa shape index (κ1) is 24.5. The van der Waals surface area contributed by atoms with Crippen LogP contribution >= 0.6 is 0 Å². The number of rotatable bonds is 3. The molecule has 9 heteroatoms. The van der Waals surface area contributed by atoms with Crippen LogP contribution < -0.4 is 0 Å². The van der Waals surface area contributed by atoms with Crippen molar-refractivity contribution in [1.29, 1.82) is 0 Å². The fourth-order valence-corrected chi connectivity index (χ4v) is 5.13. The molecule has 1 unspecified atom stereocenters. The van der Waals surface area contributed by atoms with Crippen LogP contribution in [-0.2, 0) is 19.7 Å². The number of carbonyl (C=O) groups is 2. The number of halogens is 3. The number of piperidine rings is 1. The van der Waals surface area contributed by atoms with Crippen molar-refractivity contribution in [3.8, 4) is 0 Å². The Balaban J connectivity index is 0.000000360. The number of hydrogen-bond donors (Lipinski definition) is 1. The van der Waals surface area contributed by atoms with Crippen molar-refractivity contribution >= 4 is 11.9 Å². The molecule has 0 radical (unpaired) electrons. The molecule has 2 fully saturated rings. The van der Waals surface area contributed by atoms with E-state index in [2.05, 4.69) is 36.1 Å². The molecule has 0 saturated carbocycles. The van der Waals surface area contributed by atoms with Crippen molar-refractivity contribution in [2.45, 2.75) is 50.1 Å². The predicted octanol–water partition coefficient (Wildman–Crippen LogP) is 3.41. The van der Waals surface area contributed by atoms with E-state index >= 15 is 0 Å². The van der Waals surface area contributed by atoms with Gasteiger partial charge in [-0.3, -0.25) is 4.79 Å². The van der Waals surface area contributed by atoms with Gasteiger partial charge >= 0.3 is 12.1 Å². The van der Waals surface area contributed by atoms with E-state index in [9.17, 15) is 18.0 Å². The molecule has 1 spiro atoms. The average molecular weight is 457 g/mol. The van der Waals surface area contributed by atoms with Crippen LogP contribution in [0.15, 0.2) is 24.3 Å². The first-order chi connectivity index (χ1) is 15.2. The van der Waals surface area contributed by atoms with Gasteiger partial charge in [0, 0.05) is 19.5 Å². The molecule has 6 nitrogen and oxygen atoms in total. The molecular weight excluding hydrogens is 425 g/mol. The van der Waals surface area contributed by atoms with Crippen molar-refractivity contribution in [2.24, 2.45) is 0 Å². The topological polar surface area (TPSA) is 70.1 Å². The quantitative estimate of drug-likeness (QED) is 0.755. The van der Waals surface area contributed by atoms with Crippen LogP contribution in [0.4, 0.5) is 13.2 Å². The number of morpholine rings is 1. The molecule has 2 aliphatic heterocycles. The number of ether oxygens (including phenoxy) is 1. The van der Waals surface area contributed by atoms with Gasteiger partial charge in [0.25, 0.3) is 0 Å². The summed E-state index contributed by atoms with van der Waals surface area (Å²) in [6.45, 7) is 8.66. The number of hydrogen-bond acceptors (Lipinski definition) is 4. The molecule has 1 N–H and O–H groups in total. The van der Waals surface area contributed by atoms with E-state index in [0.29, 0.717) is 36.9 Å². The maximum Gasteiger partial charge on any atom is 0.490 e. The van der Waals surface area contributed by atoms with Crippen LogP contribution in [0, 0.1) is 0 Å². The highest BCUT2D eigenvalue weighted by atomic mass is 19.4. The number of benzene rings is 1. The number of likely N-dealkylation sites (tertiary alicyclic amines) is 1. The summed E-state index contributed by atoms with van der Waals surface area (Å²) >= 11 is 0. The smallest absolute Gasteiger partial charge is 0.475 e. The molecule has 178 valence electrons. The Hall–Kier alpha value is -2.13. The van der Waals surface area contributed by atoms with Gasteiger partial charge in [0.2, 0.25) is 5.91 Å². The van der Waals surface area contributed by atoms with Gasteiger partial charge in [-0.05, 0) is 61.4 Å². The van der Waals surface area contributed by atoms with E-state index in [1.165, 1.54) is 37.1 Å². The van der Waals surface area contributed by atoms with Gasteiger partial charge in [-0.1, -0.05) is 31.2 Å². The summed E-state index contributed by atoms with van der Waals surface area (Å²) in [4.78, 5) is 26.2. The van der Waals surface area contributed by atoms with Crippen molar-refractivity contribution in [2.75, 3.05) is 45.9 Å². The maximum atomic E-state index is 12.8. The Morgan fingerprint density at radius 2 is 1.72 bits per heavy atom. The molecule has 1 aromatic rings. The molecule has 2 heterocycles. The lowest BCUT2D eigenvalue weighted by Gasteiger charge is -2.40. The SMILES string of the molecule is CCN1CCC2(CC1)CC(CC(=O)N1CCOCC1)c1ccccc12.O=C(O)C(F)(F)F. The third-order valence-corrected chi connectivity index (χ3v) is 6.90. The summed E-state index contributed by atoms with van der Waals surface area (Å²) in [6.07, 6.45) is -0.795. The minimum absolute atomic E-state index is 0.304. The van der Waals surface area contributed by atoms with E-state index in [-0.39, 0.29) is 0 Å². The summed E-state index contributed by atoms with van der Waals surface area (Å²) in [6, 6.07) is 8.92. The van der Waals surface area contributed by atoms with Crippen LogP contribution in [0.3, 0.4) is 0 Å². The number of aliphatic carboxylic acids is 1. The molecule has 2 saturated heterocycles. The highest BCUT2D eigenvalue weighted by molar-refractivity contribution is 5.77. The zero-order chi connectivity index (χ0) is 23.4. The monoisotopic (exact) mass is 456 g/mol. The highest BCUT2D eigenvalue weighted by Gasteiger charge is 2.45. The van der Waals surface area contributed by atoms with Crippen LogP contribution in [0.5, 0.6) is 0 Å². The van der Waals surface area contributed by atoms with E-state index in [0.717, 1.165) is 26.1 Å². The Bertz CT molecular complexity index is 801. The van der Waals surface area contributed by atoms with E-state index in [4.69, 9.17) is 14.6 Å². The van der Waals surface area contributed by atoms with Gasteiger partial charge in [0.05, 0.1) is 13.2 Å². The third-order valence-electron chi connectivity index (χ3n) is 6.90. The van der Waals surface area contributed by atoms with Gasteiger partial charge in [-0.25, -0.2) is 4.79 Å². The molecule has 1 atom stereocenters. The van der Waals surface area contributed by atoms with Gasteiger partial charge in [-0.2, -0.15) is 13.2 Å². The molecular formula is C23H31F3N2O4. The van der Waals surface area contributed by atoms with Gasteiger partial charge in [0.1, 0.15) is 0 Å². The molecule has 1 amide bonds. The van der Waals surface area contributed by atoms with Crippen LogP contribution in [0.25, 0.3) is 0 Å². The standard InChI is InChI=1S/C21H30N2O2.C2HF3O2/c1-2-22-9-7-21(8-10-22)16-17(18-5-3-4-6-19(18)21)15-20(24)23-11-13-25-14-12-23;3-2(4,5)1(6)7/h3-6,17H,2,7-16H2,1H3;(H,6,7). The average Bonchev–Trinajstić information content (AvgIpc) is 3.08. The minimum atomic E-state index is -5.08. The number of carboxylic acids is 1. The minimum Gasteiger partial charge on any atom is -0.475 e. The van der Waals surface area contributed by atoms with Gasteiger partial charge in [0.15, 0.2) is 0 Å². The largest absolute Gasteiger partial charge is 0.490 e. The second kappa shape index (κ2) is 10.2. The van der Waals surface area contributed by atoms with Gasteiger partial charge < -0.3 is 19.6 Å². The van der Waals surface area contributed by atoms with Crippen molar-refractivity contribution in [3.05, 3.63) is 35.4 Å². The Morgan fingerprint density at radius 3 is 2.28 bits per heavy atom. The second-order valence-electron chi connectivity index (χ2n) is 8.70. The lowest BCUT2D eigenvalue weighted by Crippen LogP contribution is -2.42. The molecule has 32 heavy (non-hydrogen) atoms. The molecule has 3 aliphatic rings. The third kappa shape index (κ3) is 5.61. The summed E-state index contributed by atoms with van der Waals surface area (Å²) in [5.74, 6) is -2.06. The number of fused-ring (bicyclic) bond motifs is 2. The normalized spacial score (nSPS) is 22.8.